The quantitative estimate of drug-likeness (QED) is 0.866. The van der Waals surface area contributed by atoms with Crippen LogP contribution in [-0.2, 0) is 11.3 Å². The van der Waals surface area contributed by atoms with E-state index in [1.807, 2.05) is 12.1 Å². The Balaban J connectivity index is 1.92. The molecule has 0 aliphatic carbocycles. The molecule has 106 valence electrons. The maximum atomic E-state index is 9.16. The molecule has 5 heteroatoms. The Kier molecular flexibility index (Phi) is 5.63. The maximum Gasteiger partial charge on any atom is 0.0701 e. The molecule has 1 aromatic carbocycles. The Labute approximate surface area is 122 Å². The second-order valence-electron chi connectivity index (χ2n) is 4.71. The molecule has 2 N–H and O–H groups in total. The van der Waals surface area contributed by atoms with Crippen LogP contribution in [0, 0.1) is 0 Å². The molecular formula is C14H20BrNO3. The van der Waals surface area contributed by atoms with Crippen LogP contribution >= 0.6 is 15.9 Å². The highest BCUT2D eigenvalue weighted by Gasteiger charge is 2.20. The molecule has 0 amide bonds. The fourth-order valence-electron chi connectivity index (χ4n) is 2.36. The molecule has 19 heavy (non-hydrogen) atoms. The number of halogens is 1. The predicted octanol–water partition coefficient (Wildman–Crippen LogP) is 1.92. The van der Waals surface area contributed by atoms with Crippen LogP contribution in [0.15, 0.2) is 22.7 Å². The molecule has 1 saturated heterocycles. The molecule has 1 heterocycles. The first-order valence-electron chi connectivity index (χ1n) is 6.61. The summed E-state index contributed by atoms with van der Waals surface area (Å²) in [5, 5.41) is 17.9. The van der Waals surface area contributed by atoms with Crippen molar-refractivity contribution in [2.24, 2.45) is 0 Å². The van der Waals surface area contributed by atoms with Crippen LogP contribution in [0.2, 0.25) is 0 Å². The van der Waals surface area contributed by atoms with Gasteiger partial charge in [0.1, 0.15) is 0 Å². The minimum absolute atomic E-state index is 0.0535. The van der Waals surface area contributed by atoms with Gasteiger partial charge in [0.15, 0.2) is 0 Å². The van der Waals surface area contributed by atoms with E-state index >= 15 is 0 Å². The average Bonchev–Trinajstić information content (AvgIpc) is 2.45. The lowest BCUT2D eigenvalue weighted by molar-refractivity contribution is 0.0159. The Morgan fingerprint density at radius 2 is 2.00 bits per heavy atom. The summed E-state index contributed by atoms with van der Waals surface area (Å²) in [4.78, 5) is 2.32. The number of anilines is 1. The summed E-state index contributed by atoms with van der Waals surface area (Å²) in [7, 11) is 0. The third kappa shape index (κ3) is 3.92. The molecule has 0 aromatic heterocycles. The van der Waals surface area contributed by atoms with E-state index in [1.54, 1.807) is 0 Å². The van der Waals surface area contributed by atoms with Crippen molar-refractivity contribution in [3.05, 3.63) is 28.2 Å². The Bertz CT molecular complexity index is 406. The molecule has 4 nitrogen and oxygen atoms in total. The number of hydrogen-bond donors (Lipinski definition) is 2. The summed E-state index contributed by atoms with van der Waals surface area (Å²) in [5.41, 5.74) is 2.08. The van der Waals surface area contributed by atoms with Crippen molar-refractivity contribution in [2.45, 2.75) is 25.6 Å². The van der Waals surface area contributed by atoms with Gasteiger partial charge in [0.2, 0.25) is 0 Å². The first kappa shape index (κ1) is 14.8. The second kappa shape index (κ2) is 7.24. The van der Waals surface area contributed by atoms with Crippen molar-refractivity contribution < 1.29 is 14.9 Å². The standard InChI is InChI=1S/C14H20BrNO3/c15-14-9-12(2-1-11(14)10-18)16-5-3-13(4-6-16)19-8-7-17/h1-2,9,13,17-18H,3-8,10H2. The van der Waals surface area contributed by atoms with E-state index in [0.29, 0.717) is 6.61 Å². The summed E-state index contributed by atoms with van der Waals surface area (Å²) in [6, 6.07) is 6.06. The van der Waals surface area contributed by atoms with Crippen molar-refractivity contribution in [1.29, 1.82) is 0 Å². The average molecular weight is 330 g/mol. The zero-order valence-corrected chi connectivity index (χ0v) is 12.5. The molecular weight excluding hydrogens is 310 g/mol. The lowest BCUT2D eigenvalue weighted by Gasteiger charge is -2.33. The zero-order chi connectivity index (χ0) is 13.7. The van der Waals surface area contributed by atoms with Crippen molar-refractivity contribution in [1.82, 2.24) is 0 Å². The largest absolute Gasteiger partial charge is 0.394 e. The van der Waals surface area contributed by atoms with Crippen molar-refractivity contribution in [2.75, 3.05) is 31.2 Å². The minimum atomic E-state index is 0.0535. The number of aliphatic hydroxyl groups excluding tert-OH is 2. The van der Waals surface area contributed by atoms with Gasteiger partial charge in [-0.05, 0) is 30.5 Å². The Morgan fingerprint density at radius 1 is 1.26 bits per heavy atom. The highest BCUT2D eigenvalue weighted by molar-refractivity contribution is 9.10. The van der Waals surface area contributed by atoms with Gasteiger partial charge in [-0.25, -0.2) is 0 Å². The molecule has 1 aromatic rings. The number of hydrogen-bond acceptors (Lipinski definition) is 4. The lowest BCUT2D eigenvalue weighted by atomic mass is 10.1. The molecule has 0 spiro atoms. The molecule has 0 radical (unpaired) electrons. The van der Waals surface area contributed by atoms with Crippen molar-refractivity contribution in [3.63, 3.8) is 0 Å². The monoisotopic (exact) mass is 329 g/mol. The number of ether oxygens (including phenoxy) is 1. The number of nitrogens with zero attached hydrogens (tertiary/aromatic N) is 1. The predicted molar refractivity (Wildman–Crippen MR) is 78.3 cm³/mol. The lowest BCUT2D eigenvalue weighted by Crippen LogP contribution is -2.37. The van der Waals surface area contributed by atoms with Crippen molar-refractivity contribution in [3.8, 4) is 0 Å². The van der Waals surface area contributed by atoms with Crippen molar-refractivity contribution >= 4 is 21.6 Å². The maximum absolute atomic E-state index is 9.16. The van der Waals surface area contributed by atoms with Gasteiger partial charge in [-0.3, -0.25) is 0 Å². The number of piperidine rings is 1. The molecule has 1 fully saturated rings. The fourth-order valence-corrected chi connectivity index (χ4v) is 2.85. The molecule has 0 atom stereocenters. The first-order chi connectivity index (χ1) is 9.24. The highest BCUT2D eigenvalue weighted by atomic mass is 79.9. The molecule has 0 bridgehead atoms. The summed E-state index contributed by atoms with van der Waals surface area (Å²) in [5.74, 6) is 0. The van der Waals surface area contributed by atoms with E-state index in [2.05, 4.69) is 26.9 Å². The number of rotatable bonds is 5. The van der Waals surface area contributed by atoms with Gasteiger partial charge in [0, 0.05) is 23.2 Å². The van der Waals surface area contributed by atoms with Gasteiger partial charge in [-0.1, -0.05) is 22.0 Å². The minimum Gasteiger partial charge on any atom is -0.394 e. The summed E-state index contributed by atoms with van der Waals surface area (Å²) in [6.45, 7) is 2.50. The molecule has 1 aliphatic rings. The highest BCUT2D eigenvalue weighted by Crippen LogP contribution is 2.27. The first-order valence-corrected chi connectivity index (χ1v) is 7.40. The van der Waals surface area contributed by atoms with Gasteiger partial charge >= 0.3 is 0 Å². The Morgan fingerprint density at radius 3 is 2.58 bits per heavy atom. The van der Waals surface area contributed by atoms with E-state index in [1.165, 1.54) is 5.69 Å². The smallest absolute Gasteiger partial charge is 0.0701 e. The van der Waals surface area contributed by atoms with Crippen LogP contribution in [-0.4, -0.2) is 42.6 Å². The fraction of sp³-hybridized carbons (Fsp3) is 0.571. The van der Waals surface area contributed by atoms with Gasteiger partial charge in [-0.15, -0.1) is 0 Å². The van der Waals surface area contributed by atoms with Gasteiger partial charge in [-0.2, -0.15) is 0 Å². The zero-order valence-electron chi connectivity index (χ0n) is 10.9. The van der Waals surface area contributed by atoms with Crippen LogP contribution in [0.5, 0.6) is 0 Å². The molecule has 0 unspecified atom stereocenters. The number of aliphatic hydroxyl groups is 2. The third-order valence-corrected chi connectivity index (χ3v) is 4.20. The van der Waals surface area contributed by atoms with Crippen LogP contribution in [0.4, 0.5) is 5.69 Å². The van der Waals surface area contributed by atoms with Crippen LogP contribution < -0.4 is 4.90 Å². The molecule has 2 rings (SSSR count). The summed E-state index contributed by atoms with van der Waals surface area (Å²) < 4.78 is 6.51. The van der Waals surface area contributed by atoms with E-state index in [0.717, 1.165) is 36.0 Å². The van der Waals surface area contributed by atoms with Gasteiger partial charge < -0.3 is 19.8 Å². The summed E-state index contributed by atoms with van der Waals surface area (Å²) in [6.07, 6.45) is 2.24. The van der Waals surface area contributed by atoms with Crippen LogP contribution in [0.1, 0.15) is 18.4 Å². The van der Waals surface area contributed by atoms with Gasteiger partial charge in [0.05, 0.1) is 25.9 Å². The number of benzene rings is 1. The third-order valence-electron chi connectivity index (χ3n) is 3.46. The van der Waals surface area contributed by atoms with E-state index < -0.39 is 0 Å². The summed E-state index contributed by atoms with van der Waals surface area (Å²) >= 11 is 3.48. The van der Waals surface area contributed by atoms with E-state index in [4.69, 9.17) is 14.9 Å². The molecule has 1 aliphatic heterocycles. The van der Waals surface area contributed by atoms with Gasteiger partial charge in [0.25, 0.3) is 0 Å². The van der Waals surface area contributed by atoms with Crippen LogP contribution in [0.3, 0.4) is 0 Å². The van der Waals surface area contributed by atoms with Crippen LogP contribution in [0.25, 0.3) is 0 Å². The Hall–Kier alpha value is -0.620. The second-order valence-corrected chi connectivity index (χ2v) is 5.57. The molecule has 0 saturated carbocycles. The SMILES string of the molecule is OCCOC1CCN(c2ccc(CO)c(Br)c2)CC1. The van der Waals surface area contributed by atoms with E-state index in [9.17, 15) is 0 Å². The van der Waals surface area contributed by atoms with E-state index in [-0.39, 0.29) is 19.3 Å². The topological polar surface area (TPSA) is 52.9 Å². The normalized spacial score (nSPS) is 16.9.